The van der Waals surface area contributed by atoms with E-state index in [0.29, 0.717) is 17.2 Å². The zero-order valence-electron chi connectivity index (χ0n) is 17.8. The molecule has 2 aromatic carbocycles. The number of furan rings is 1. The SMILES string of the molecule is COc1cc(-c2nc(-c3ccc(C)o3)nc3nc[nH]c23)cc(N2Cc3ccccc3C2)c1. The molecule has 158 valence electrons. The number of aromatic amines is 1. The number of nitrogens with one attached hydrogen (secondary N) is 1. The number of fused-ring (bicyclic) bond motifs is 2. The summed E-state index contributed by atoms with van der Waals surface area (Å²) in [5, 5.41) is 0. The van der Waals surface area contributed by atoms with Crippen molar-refractivity contribution < 1.29 is 9.15 Å². The molecule has 6 rings (SSSR count). The van der Waals surface area contributed by atoms with Crippen LogP contribution in [-0.2, 0) is 13.1 Å². The van der Waals surface area contributed by atoms with Gasteiger partial charge in [0.15, 0.2) is 17.2 Å². The molecule has 32 heavy (non-hydrogen) atoms. The summed E-state index contributed by atoms with van der Waals surface area (Å²) in [6.45, 7) is 3.63. The Labute approximate surface area is 184 Å². The Morgan fingerprint density at radius 3 is 2.53 bits per heavy atom. The van der Waals surface area contributed by atoms with Crippen LogP contribution in [0.1, 0.15) is 16.9 Å². The summed E-state index contributed by atoms with van der Waals surface area (Å²) < 4.78 is 11.4. The molecule has 0 amide bonds. The topological polar surface area (TPSA) is 80.1 Å². The van der Waals surface area contributed by atoms with Crippen molar-refractivity contribution in [2.24, 2.45) is 0 Å². The van der Waals surface area contributed by atoms with Crippen LogP contribution in [0, 0.1) is 6.92 Å². The van der Waals surface area contributed by atoms with Gasteiger partial charge >= 0.3 is 0 Å². The van der Waals surface area contributed by atoms with Crippen molar-refractivity contribution in [1.29, 1.82) is 0 Å². The van der Waals surface area contributed by atoms with Crippen LogP contribution in [0.25, 0.3) is 34.0 Å². The van der Waals surface area contributed by atoms with Gasteiger partial charge in [0.2, 0.25) is 0 Å². The number of nitrogens with zero attached hydrogens (tertiary/aromatic N) is 4. The molecule has 0 unspecified atom stereocenters. The second-order valence-corrected chi connectivity index (χ2v) is 7.95. The Balaban J connectivity index is 1.48. The first-order valence-corrected chi connectivity index (χ1v) is 10.5. The van der Waals surface area contributed by atoms with Crippen LogP contribution in [0.3, 0.4) is 0 Å². The van der Waals surface area contributed by atoms with Gasteiger partial charge in [0, 0.05) is 30.4 Å². The molecule has 0 saturated carbocycles. The molecule has 0 radical (unpaired) electrons. The second-order valence-electron chi connectivity index (χ2n) is 7.95. The van der Waals surface area contributed by atoms with Crippen LogP contribution in [0.15, 0.2) is 65.3 Å². The summed E-state index contributed by atoms with van der Waals surface area (Å²) in [5.74, 6) is 2.71. The summed E-state index contributed by atoms with van der Waals surface area (Å²) in [5.41, 5.74) is 6.84. The molecule has 0 spiro atoms. The summed E-state index contributed by atoms with van der Waals surface area (Å²) in [6, 6.07) is 18.5. The fraction of sp³-hybridized carbons (Fsp3) is 0.160. The number of benzene rings is 2. The third-order valence-corrected chi connectivity index (χ3v) is 5.85. The largest absolute Gasteiger partial charge is 0.497 e. The fourth-order valence-electron chi connectivity index (χ4n) is 4.24. The Kier molecular flexibility index (Phi) is 4.21. The Hall–Kier alpha value is -4.13. The van der Waals surface area contributed by atoms with E-state index in [1.165, 1.54) is 11.1 Å². The summed E-state index contributed by atoms with van der Waals surface area (Å²) >= 11 is 0. The predicted octanol–water partition coefficient (Wildman–Crippen LogP) is 5.12. The molecule has 0 atom stereocenters. The van der Waals surface area contributed by atoms with E-state index >= 15 is 0 Å². The van der Waals surface area contributed by atoms with Crippen LogP contribution in [-0.4, -0.2) is 27.0 Å². The number of anilines is 1. The van der Waals surface area contributed by atoms with Crippen LogP contribution < -0.4 is 9.64 Å². The van der Waals surface area contributed by atoms with Crippen molar-refractivity contribution in [3.05, 3.63) is 77.8 Å². The van der Waals surface area contributed by atoms with Crippen LogP contribution in [0.5, 0.6) is 5.75 Å². The molecule has 0 bridgehead atoms. The highest BCUT2D eigenvalue weighted by Gasteiger charge is 2.21. The van der Waals surface area contributed by atoms with Gasteiger partial charge in [-0.3, -0.25) is 0 Å². The van der Waals surface area contributed by atoms with E-state index in [1.54, 1.807) is 13.4 Å². The first-order valence-electron chi connectivity index (χ1n) is 10.5. The minimum atomic E-state index is 0.505. The van der Waals surface area contributed by atoms with Gasteiger partial charge in [-0.1, -0.05) is 24.3 Å². The van der Waals surface area contributed by atoms with Crippen molar-refractivity contribution in [3.8, 4) is 28.6 Å². The Morgan fingerprint density at radius 1 is 1.00 bits per heavy atom. The van der Waals surface area contributed by atoms with E-state index in [1.807, 2.05) is 25.1 Å². The number of H-pyrrole nitrogens is 1. The molecule has 7 nitrogen and oxygen atoms in total. The number of aromatic nitrogens is 4. The second kappa shape index (κ2) is 7.23. The molecule has 3 aromatic heterocycles. The molecule has 1 aliphatic heterocycles. The van der Waals surface area contributed by atoms with Gasteiger partial charge in [-0.05, 0) is 42.3 Å². The van der Waals surface area contributed by atoms with Gasteiger partial charge in [0.25, 0.3) is 0 Å². The standard InChI is InChI=1S/C25H21N5O2/c1-15-7-8-21(32-15)24-28-22(23-25(29-24)27-14-26-23)18-9-19(11-20(10-18)31-2)30-12-16-5-3-4-6-17(16)13-30/h3-11,14H,12-13H2,1-2H3,(H,26,27,28,29). The number of hydrogen-bond donors (Lipinski definition) is 1. The lowest BCUT2D eigenvalue weighted by molar-refractivity contribution is 0.415. The third kappa shape index (κ3) is 3.10. The predicted molar refractivity (Wildman–Crippen MR) is 122 cm³/mol. The molecule has 1 N–H and O–H groups in total. The van der Waals surface area contributed by atoms with E-state index in [2.05, 4.69) is 56.3 Å². The Bertz CT molecular complexity index is 1430. The number of aryl methyl sites for hydroxylation is 1. The van der Waals surface area contributed by atoms with Crippen molar-refractivity contribution in [3.63, 3.8) is 0 Å². The molecule has 0 aliphatic carbocycles. The highest BCUT2D eigenvalue weighted by Crippen LogP contribution is 2.36. The quantitative estimate of drug-likeness (QED) is 0.432. The van der Waals surface area contributed by atoms with E-state index in [0.717, 1.165) is 47.1 Å². The van der Waals surface area contributed by atoms with Crippen molar-refractivity contribution in [2.45, 2.75) is 20.0 Å². The summed E-state index contributed by atoms with van der Waals surface area (Å²) in [4.78, 5) is 19.4. The molecule has 5 aromatic rings. The van der Waals surface area contributed by atoms with Crippen molar-refractivity contribution in [1.82, 2.24) is 19.9 Å². The monoisotopic (exact) mass is 423 g/mol. The fourth-order valence-corrected chi connectivity index (χ4v) is 4.24. The van der Waals surface area contributed by atoms with Crippen molar-refractivity contribution >= 4 is 16.9 Å². The molecule has 1 aliphatic rings. The van der Waals surface area contributed by atoms with E-state index in [9.17, 15) is 0 Å². The van der Waals surface area contributed by atoms with Crippen LogP contribution >= 0.6 is 0 Å². The first-order chi connectivity index (χ1) is 15.7. The molecule has 0 fully saturated rings. The third-order valence-electron chi connectivity index (χ3n) is 5.85. The normalized spacial score (nSPS) is 13.0. The van der Waals surface area contributed by atoms with E-state index in [4.69, 9.17) is 14.1 Å². The molecular formula is C25H21N5O2. The number of hydrogen-bond acceptors (Lipinski definition) is 6. The number of methoxy groups -OCH3 is 1. The lowest BCUT2D eigenvalue weighted by Gasteiger charge is -2.20. The minimum absolute atomic E-state index is 0.505. The van der Waals surface area contributed by atoms with Gasteiger partial charge in [-0.2, -0.15) is 0 Å². The Morgan fingerprint density at radius 2 is 1.81 bits per heavy atom. The van der Waals surface area contributed by atoms with Crippen LogP contribution in [0.2, 0.25) is 0 Å². The van der Waals surface area contributed by atoms with Gasteiger partial charge in [-0.25, -0.2) is 15.0 Å². The zero-order chi connectivity index (χ0) is 21.7. The van der Waals surface area contributed by atoms with Crippen LogP contribution in [0.4, 0.5) is 5.69 Å². The lowest BCUT2D eigenvalue weighted by Crippen LogP contribution is -2.14. The summed E-state index contributed by atoms with van der Waals surface area (Å²) in [6.07, 6.45) is 1.64. The van der Waals surface area contributed by atoms with E-state index in [-0.39, 0.29) is 0 Å². The molecule has 0 saturated heterocycles. The average Bonchev–Trinajstić information content (AvgIpc) is 3.56. The maximum Gasteiger partial charge on any atom is 0.198 e. The average molecular weight is 423 g/mol. The summed E-state index contributed by atoms with van der Waals surface area (Å²) in [7, 11) is 1.68. The van der Waals surface area contributed by atoms with Gasteiger partial charge < -0.3 is 19.0 Å². The zero-order valence-corrected chi connectivity index (χ0v) is 17.8. The minimum Gasteiger partial charge on any atom is -0.497 e. The van der Waals surface area contributed by atoms with Gasteiger partial charge in [-0.15, -0.1) is 0 Å². The maximum atomic E-state index is 5.78. The van der Waals surface area contributed by atoms with E-state index < -0.39 is 0 Å². The van der Waals surface area contributed by atoms with Crippen molar-refractivity contribution in [2.75, 3.05) is 12.0 Å². The lowest BCUT2D eigenvalue weighted by atomic mass is 10.1. The number of ether oxygens (including phenoxy) is 1. The van der Waals surface area contributed by atoms with Gasteiger partial charge in [0.05, 0.1) is 13.4 Å². The first kappa shape index (κ1) is 18.6. The highest BCUT2D eigenvalue weighted by molar-refractivity contribution is 5.89. The maximum absolute atomic E-state index is 5.78. The molecular weight excluding hydrogens is 402 g/mol. The van der Waals surface area contributed by atoms with Gasteiger partial charge in [0.1, 0.15) is 22.7 Å². The highest BCUT2D eigenvalue weighted by atomic mass is 16.5. The number of rotatable bonds is 4. The molecule has 7 heteroatoms. The molecule has 4 heterocycles. The number of imidazole rings is 1. The smallest absolute Gasteiger partial charge is 0.198 e.